The molecule has 2 aromatic heterocycles. The zero-order valence-corrected chi connectivity index (χ0v) is 7.97. The number of imidazole rings is 1. The van der Waals surface area contributed by atoms with Crippen molar-refractivity contribution in [2.45, 2.75) is 0 Å². The van der Waals surface area contributed by atoms with Gasteiger partial charge in [0.15, 0.2) is 11.5 Å². The van der Waals surface area contributed by atoms with Gasteiger partial charge in [0.25, 0.3) is 0 Å². The van der Waals surface area contributed by atoms with Gasteiger partial charge in [-0.25, -0.2) is 14.8 Å². The molecule has 0 aromatic carbocycles. The number of aromatic nitrogens is 3. The average molecular weight is 207 g/mol. The third-order valence-corrected chi connectivity index (χ3v) is 2.03. The summed E-state index contributed by atoms with van der Waals surface area (Å²) in [5, 5.41) is 0. The van der Waals surface area contributed by atoms with Crippen molar-refractivity contribution < 1.29 is 9.53 Å². The number of anilines is 2. The van der Waals surface area contributed by atoms with E-state index in [0.29, 0.717) is 5.65 Å². The molecule has 78 valence electrons. The van der Waals surface area contributed by atoms with E-state index in [-0.39, 0.29) is 17.2 Å². The predicted octanol–water partition coefficient (Wildman–Crippen LogP) is -0.320. The van der Waals surface area contributed by atoms with Crippen molar-refractivity contribution in [2.75, 3.05) is 18.6 Å². The van der Waals surface area contributed by atoms with Crippen LogP contribution in [0.15, 0.2) is 12.5 Å². The molecule has 7 heteroatoms. The second-order valence-corrected chi connectivity index (χ2v) is 2.87. The van der Waals surface area contributed by atoms with Crippen LogP contribution in [0.25, 0.3) is 5.65 Å². The Bertz CT molecular complexity index is 533. The molecule has 0 aliphatic carbocycles. The van der Waals surface area contributed by atoms with E-state index in [1.54, 1.807) is 0 Å². The van der Waals surface area contributed by atoms with Gasteiger partial charge in [0.05, 0.1) is 7.11 Å². The molecule has 0 saturated carbocycles. The first-order valence-electron chi connectivity index (χ1n) is 4.10. The van der Waals surface area contributed by atoms with Crippen molar-refractivity contribution >= 4 is 23.3 Å². The van der Waals surface area contributed by atoms with Crippen molar-refractivity contribution in [1.29, 1.82) is 0 Å². The number of hydrogen-bond acceptors (Lipinski definition) is 6. The van der Waals surface area contributed by atoms with Gasteiger partial charge in [0, 0.05) is 6.20 Å². The fourth-order valence-corrected chi connectivity index (χ4v) is 1.25. The van der Waals surface area contributed by atoms with E-state index in [1.165, 1.54) is 24.0 Å². The van der Waals surface area contributed by atoms with E-state index in [4.69, 9.17) is 11.5 Å². The van der Waals surface area contributed by atoms with E-state index in [1.807, 2.05) is 0 Å². The standard InChI is InChI=1S/C8H9N5O2/c1-15-8(14)4-2-11-7-5(9)12-3-13(7)6(4)10/h2-3H,9-10H2,1H3. The molecule has 0 bridgehead atoms. The van der Waals surface area contributed by atoms with Crippen LogP contribution < -0.4 is 11.5 Å². The minimum absolute atomic E-state index is 0.183. The summed E-state index contributed by atoms with van der Waals surface area (Å²) in [6.45, 7) is 0. The maximum atomic E-state index is 11.3. The Kier molecular flexibility index (Phi) is 1.93. The Hall–Kier alpha value is -2.31. The van der Waals surface area contributed by atoms with Crippen LogP contribution in [0.1, 0.15) is 10.4 Å². The highest BCUT2D eigenvalue weighted by molar-refractivity contribution is 5.94. The van der Waals surface area contributed by atoms with Crippen molar-refractivity contribution in [3.63, 3.8) is 0 Å². The molecule has 0 spiro atoms. The summed E-state index contributed by atoms with van der Waals surface area (Å²) < 4.78 is 5.98. The Morgan fingerprint density at radius 2 is 2.20 bits per heavy atom. The Morgan fingerprint density at radius 3 is 2.87 bits per heavy atom. The number of carbonyl (C=O) groups excluding carboxylic acids is 1. The molecular weight excluding hydrogens is 198 g/mol. The minimum Gasteiger partial charge on any atom is -0.465 e. The van der Waals surface area contributed by atoms with Crippen molar-refractivity contribution in [3.05, 3.63) is 18.1 Å². The van der Waals surface area contributed by atoms with E-state index >= 15 is 0 Å². The number of esters is 1. The molecule has 7 nitrogen and oxygen atoms in total. The normalized spacial score (nSPS) is 10.5. The van der Waals surface area contributed by atoms with Gasteiger partial charge in [0.2, 0.25) is 0 Å². The van der Waals surface area contributed by atoms with Gasteiger partial charge >= 0.3 is 5.97 Å². The molecule has 2 heterocycles. The van der Waals surface area contributed by atoms with Crippen LogP contribution in [0.3, 0.4) is 0 Å². The summed E-state index contributed by atoms with van der Waals surface area (Å²) in [5.74, 6) is -0.0802. The molecule has 0 radical (unpaired) electrons. The van der Waals surface area contributed by atoms with E-state index in [2.05, 4.69) is 14.7 Å². The number of hydrogen-bond donors (Lipinski definition) is 2. The number of methoxy groups -OCH3 is 1. The first-order valence-corrected chi connectivity index (χ1v) is 4.10. The summed E-state index contributed by atoms with van der Waals surface area (Å²) in [6, 6.07) is 0. The van der Waals surface area contributed by atoms with Gasteiger partial charge in [-0.2, -0.15) is 0 Å². The molecule has 2 aromatic rings. The summed E-state index contributed by atoms with van der Waals surface area (Å²) in [5.41, 5.74) is 11.9. The monoisotopic (exact) mass is 207 g/mol. The molecule has 0 saturated heterocycles. The predicted molar refractivity (Wildman–Crippen MR) is 53.2 cm³/mol. The Morgan fingerprint density at radius 1 is 1.47 bits per heavy atom. The highest BCUT2D eigenvalue weighted by atomic mass is 16.5. The number of ether oxygens (including phenoxy) is 1. The summed E-state index contributed by atoms with van der Waals surface area (Å²) in [4.78, 5) is 19.1. The van der Waals surface area contributed by atoms with Crippen molar-refractivity contribution in [1.82, 2.24) is 14.4 Å². The number of carbonyl (C=O) groups is 1. The Balaban J connectivity index is 2.71. The lowest BCUT2D eigenvalue weighted by Gasteiger charge is -2.04. The smallest absolute Gasteiger partial charge is 0.343 e. The molecule has 15 heavy (non-hydrogen) atoms. The second kappa shape index (κ2) is 3.12. The van der Waals surface area contributed by atoms with Gasteiger partial charge in [0.1, 0.15) is 17.7 Å². The lowest BCUT2D eigenvalue weighted by Crippen LogP contribution is -2.10. The maximum Gasteiger partial charge on any atom is 0.343 e. The average Bonchev–Trinajstić information content (AvgIpc) is 2.61. The topological polar surface area (TPSA) is 109 Å². The number of fused-ring (bicyclic) bond motifs is 1. The van der Waals surface area contributed by atoms with Crippen molar-refractivity contribution in [2.24, 2.45) is 0 Å². The lowest BCUT2D eigenvalue weighted by atomic mass is 10.3. The zero-order chi connectivity index (χ0) is 11.0. The van der Waals surface area contributed by atoms with E-state index < -0.39 is 5.97 Å². The molecule has 0 fully saturated rings. The highest BCUT2D eigenvalue weighted by Crippen LogP contribution is 2.17. The second-order valence-electron chi connectivity index (χ2n) is 2.87. The number of nitrogen functional groups attached to an aromatic ring is 2. The first kappa shape index (κ1) is 9.25. The van der Waals surface area contributed by atoms with Crippen LogP contribution in [0.2, 0.25) is 0 Å². The van der Waals surface area contributed by atoms with Gasteiger partial charge in [-0.05, 0) is 0 Å². The van der Waals surface area contributed by atoms with Crippen molar-refractivity contribution in [3.8, 4) is 0 Å². The van der Waals surface area contributed by atoms with Crippen LogP contribution in [0.4, 0.5) is 11.6 Å². The first-order chi connectivity index (χ1) is 7.15. The van der Waals surface area contributed by atoms with Crippen LogP contribution in [-0.2, 0) is 4.74 Å². The molecule has 0 atom stereocenters. The molecule has 0 unspecified atom stereocenters. The van der Waals surface area contributed by atoms with Crippen LogP contribution in [0, 0.1) is 0 Å². The van der Waals surface area contributed by atoms with Gasteiger partial charge in [-0.3, -0.25) is 4.40 Å². The molecule has 0 amide bonds. The summed E-state index contributed by atoms with van der Waals surface area (Å²) in [6.07, 6.45) is 2.72. The van der Waals surface area contributed by atoms with Gasteiger partial charge in [-0.1, -0.05) is 0 Å². The maximum absolute atomic E-state index is 11.3. The van der Waals surface area contributed by atoms with E-state index in [0.717, 1.165) is 0 Å². The zero-order valence-electron chi connectivity index (χ0n) is 7.97. The molecule has 0 aliphatic rings. The molecule has 4 N–H and O–H groups in total. The fourth-order valence-electron chi connectivity index (χ4n) is 1.25. The van der Waals surface area contributed by atoms with Crippen LogP contribution >= 0.6 is 0 Å². The summed E-state index contributed by atoms with van der Waals surface area (Å²) >= 11 is 0. The highest BCUT2D eigenvalue weighted by Gasteiger charge is 2.14. The minimum atomic E-state index is -0.547. The number of rotatable bonds is 1. The van der Waals surface area contributed by atoms with Crippen LogP contribution in [0.5, 0.6) is 0 Å². The quantitative estimate of drug-likeness (QED) is 0.620. The largest absolute Gasteiger partial charge is 0.465 e. The van der Waals surface area contributed by atoms with Crippen LogP contribution in [-0.4, -0.2) is 27.4 Å². The van der Waals surface area contributed by atoms with Gasteiger partial charge in [-0.15, -0.1) is 0 Å². The van der Waals surface area contributed by atoms with Gasteiger partial charge < -0.3 is 16.2 Å². The third kappa shape index (κ3) is 1.25. The number of nitrogens with two attached hydrogens (primary N) is 2. The SMILES string of the molecule is COC(=O)c1cnc2c(N)ncn2c1N. The molecular formula is C8H9N5O2. The fraction of sp³-hybridized carbons (Fsp3) is 0.125. The third-order valence-electron chi connectivity index (χ3n) is 2.03. The molecule has 0 aliphatic heterocycles. The Labute approximate surface area is 84.7 Å². The number of nitrogens with zero attached hydrogens (tertiary/aromatic N) is 3. The lowest BCUT2D eigenvalue weighted by molar-refractivity contribution is 0.0601. The molecule has 2 rings (SSSR count). The van der Waals surface area contributed by atoms with E-state index in [9.17, 15) is 4.79 Å². The summed E-state index contributed by atoms with van der Waals surface area (Å²) in [7, 11) is 1.27.